The molecule has 4 unspecified atom stereocenters. The topological polar surface area (TPSA) is 193 Å². The predicted octanol–water partition coefficient (Wildman–Crippen LogP) is 7.73. The number of anilines is 2. The van der Waals surface area contributed by atoms with E-state index < -0.39 is 55.5 Å². The minimum Gasteiger partial charge on any atom is -0.497 e. The normalized spacial score (nSPS) is 16.3. The van der Waals surface area contributed by atoms with E-state index >= 15 is 0 Å². The number of fused-ring (bicyclic) bond motifs is 2. The number of phosphoric acid groups is 1. The molecule has 6 aromatic carbocycles. The van der Waals surface area contributed by atoms with E-state index in [0.717, 1.165) is 10.8 Å². The molecule has 5 N–H and O–H groups in total. The molecule has 1 aliphatic heterocycles. The SMILES string of the molecule is COc1ccc(C2Sc3ccccc3N(CC(=O)Nc3cccc4ccccc34)C(=O)C2NC(=O)C(Cc2ccc(OP(=O)(O)OCc3ccccc3)cc2)NC(=O)O)cc1. The van der Waals surface area contributed by atoms with Gasteiger partial charge in [-0.15, -0.1) is 11.8 Å². The Balaban J connectivity index is 1.14. The first kappa shape index (κ1) is 42.5. The Hall–Kier alpha value is -6.64. The molecule has 0 saturated carbocycles. The second-order valence-electron chi connectivity index (χ2n) is 13.9. The van der Waals surface area contributed by atoms with E-state index in [4.69, 9.17) is 13.8 Å². The quantitative estimate of drug-likeness (QED) is 0.0635. The second kappa shape index (κ2) is 19.2. The number of phosphoric ester groups is 1. The third kappa shape index (κ3) is 10.8. The van der Waals surface area contributed by atoms with Gasteiger partial charge in [-0.05, 0) is 64.5 Å². The van der Waals surface area contributed by atoms with E-state index in [2.05, 4.69) is 16.0 Å². The number of benzene rings is 6. The Morgan fingerprint density at radius 2 is 1.48 bits per heavy atom. The summed E-state index contributed by atoms with van der Waals surface area (Å²) >= 11 is 1.32. The number of ether oxygens (including phenoxy) is 1. The third-order valence-corrected chi connectivity index (χ3v) is 12.1. The fourth-order valence-electron chi connectivity index (χ4n) is 6.85. The van der Waals surface area contributed by atoms with Crippen LogP contribution in [0.4, 0.5) is 16.2 Å². The minimum absolute atomic E-state index is 0.00222. The summed E-state index contributed by atoms with van der Waals surface area (Å²) in [5.41, 5.74) is 2.82. The van der Waals surface area contributed by atoms with E-state index in [1.165, 1.54) is 48.0 Å². The number of rotatable bonds is 15. The molecule has 4 amide bonds. The molecule has 0 radical (unpaired) electrons. The van der Waals surface area contributed by atoms with Crippen molar-refractivity contribution in [2.45, 2.75) is 35.3 Å². The summed E-state index contributed by atoms with van der Waals surface area (Å²) in [6, 6.07) is 39.2. The molecular formula is C45H41N4O10PS. The molecule has 1 aliphatic rings. The molecule has 0 fully saturated rings. The summed E-state index contributed by atoms with van der Waals surface area (Å²) in [5, 5.41) is 18.9. The fraction of sp³-hybridized carbons (Fsp3) is 0.156. The van der Waals surface area contributed by atoms with Crippen molar-refractivity contribution in [2.75, 3.05) is 23.9 Å². The van der Waals surface area contributed by atoms with Gasteiger partial charge in [-0.25, -0.2) is 9.36 Å². The van der Waals surface area contributed by atoms with Crippen LogP contribution in [0.25, 0.3) is 10.8 Å². The number of nitrogens with zero attached hydrogens (tertiary/aromatic N) is 1. The lowest BCUT2D eigenvalue weighted by atomic mass is 10.0. The zero-order valence-electron chi connectivity index (χ0n) is 32.7. The van der Waals surface area contributed by atoms with Gasteiger partial charge in [0.2, 0.25) is 11.8 Å². The monoisotopic (exact) mass is 860 g/mol. The number of carbonyl (C=O) groups excluding carboxylic acids is 3. The number of carboxylic acid groups (broad SMARTS) is 1. The Morgan fingerprint density at radius 3 is 2.21 bits per heavy atom. The highest BCUT2D eigenvalue weighted by Crippen LogP contribution is 2.47. The van der Waals surface area contributed by atoms with Crippen LogP contribution in [-0.4, -0.2) is 59.6 Å². The van der Waals surface area contributed by atoms with E-state index in [1.807, 2.05) is 48.5 Å². The molecule has 0 bridgehead atoms. The van der Waals surface area contributed by atoms with Crippen LogP contribution in [0.2, 0.25) is 0 Å². The lowest BCUT2D eigenvalue weighted by Gasteiger charge is -2.30. The highest BCUT2D eigenvalue weighted by molar-refractivity contribution is 7.99. The van der Waals surface area contributed by atoms with E-state index in [0.29, 0.717) is 38.7 Å². The van der Waals surface area contributed by atoms with Gasteiger partial charge >= 0.3 is 13.9 Å². The Bertz CT molecular complexity index is 2570. The van der Waals surface area contributed by atoms with Gasteiger partial charge in [0.15, 0.2) is 0 Å². The first-order valence-electron chi connectivity index (χ1n) is 19.0. The maximum Gasteiger partial charge on any atom is 0.527 e. The molecule has 6 aromatic rings. The summed E-state index contributed by atoms with van der Waals surface area (Å²) in [7, 11) is -2.98. The molecule has 7 rings (SSSR count). The lowest BCUT2D eigenvalue weighted by molar-refractivity contribution is -0.129. The highest BCUT2D eigenvalue weighted by atomic mass is 32.2. The molecule has 4 atom stereocenters. The Kier molecular flexibility index (Phi) is 13.3. The van der Waals surface area contributed by atoms with Crippen molar-refractivity contribution < 1.29 is 47.5 Å². The third-order valence-electron chi connectivity index (χ3n) is 9.79. The van der Waals surface area contributed by atoms with Crippen LogP contribution in [0.3, 0.4) is 0 Å². The number of hydrogen-bond donors (Lipinski definition) is 5. The summed E-state index contributed by atoms with van der Waals surface area (Å²) in [6.45, 7) is -0.557. The fourth-order valence-corrected chi connectivity index (χ4v) is 8.94. The van der Waals surface area contributed by atoms with Crippen molar-refractivity contribution in [3.8, 4) is 11.5 Å². The summed E-state index contributed by atoms with van der Waals surface area (Å²) < 4.78 is 28.4. The van der Waals surface area contributed by atoms with E-state index in [-0.39, 0.29) is 18.8 Å². The molecule has 312 valence electrons. The van der Waals surface area contributed by atoms with Crippen molar-refractivity contribution in [1.29, 1.82) is 0 Å². The molecule has 0 aromatic heterocycles. The van der Waals surface area contributed by atoms with Crippen molar-refractivity contribution in [2.24, 2.45) is 0 Å². The molecule has 14 nitrogen and oxygen atoms in total. The van der Waals surface area contributed by atoms with Gasteiger partial charge in [-0.2, -0.15) is 0 Å². The number of para-hydroxylation sites is 1. The van der Waals surface area contributed by atoms with Gasteiger partial charge in [-0.1, -0.05) is 103 Å². The number of methoxy groups -OCH3 is 1. The van der Waals surface area contributed by atoms with Gasteiger partial charge in [0, 0.05) is 22.4 Å². The number of hydrogen-bond acceptors (Lipinski definition) is 9. The minimum atomic E-state index is -4.51. The summed E-state index contributed by atoms with van der Waals surface area (Å²) in [4.78, 5) is 67.4. The van der Waals surface area contributed by atoms with Crippen LogP contribution in [0.5, 0.6) is 11.5 Å². The van der Waals surface area contributed by atoms with Crippen LogP contribution in [0, 0.1) is 0 Å². The van der Waals surface area contributed by atoms with Crippen LogP contribution in [-0.2, 0) is 36.5 Å². The maximum atomic E-state index is 14.9. The Labute approximate surface area is 355 Å². The molecule has 61 heavy (non-hydrogen) atoms. The summed E-state index contributed by atoms with van der Waals surface area (Å²) in [5.74, 6) is -1.30. The molecular weight excluding hydrogens is 820 g/mol. The van der Waals surface area contributed by atoms with Crippen molar-refractivity contribution in [1.82, 2.24) is 10.6 Å². The van der Waals surface area contributed by atoms with Crippen molar-refractivity contribution >= 4 is 65.5 Å². The second-order valence-corrected chi connectivity index (χ2v) is 16.5. The lowest BCUT2D eigenvalue weighted by Crippen LogP contribution is -2.56. The Morgan fingerprint density at radius 1 is 0.803 bits per heavy atom. The average molecular weight is 861 g/mol. The van der Waals surface area contributed by atoms with Gasteiger partial charge in [0.1, 0.15) is 30.1 Å². The maximum absolute atomic E-state index is 14.9. The van der Waals surface area contributed by atoms with Crippen molar-refractivity contribution in [3.05, 3.63) is 162 Å². The van der Waals surface area contributed by atoms with Crippen LogP contribution < -0.4 is 30.1 Å². The number of nitrogens with one attached hydrogen (secondary N) is 3. The highest BCUT2D eigenvalue weighted by Gasteiger charge is 2.41. The standard InChI is InChI=1S/C45H41N4O10PS/c1-57-33-24-20-32(21-25-33)42-41(44(52)49(38-16-7-8-17-39(38)61-42)27-40(50)46-36-15-9-13-31-12-5-6-14-35(31)36)48-43(51)37(47-45(53)54)26-29-18-22-34(23-19-29)59-60(55,56)58-28-30-10-3-2-4-11-30/h2-25,37,41-42,47H,26-28H2,1H3,(H,46,50)(H,48,51)(H,53,54)(H,55,56). The van der Waals surface area contributed by atoms with Gasteiger partial charge in [0.25, 0.3) is 5.91 Å². The number of carbonyl (C=O) groups is 4. The van der Waals surface area contributed by atoms with Gasteiger partial charge < -0.3 is 35.2 Å². The smallest absolute Gasteiger partial charge is 0.497 e. The summed E-state index contributed by atoms with van der Waals surface area (Å²) in [6.07, 6.45) is -1.65. The molecule has 0 saturated heterocycles. The molecule has 0 aliphatic carbocycles. The zero-order chi connectivity index (χ0) is 42.9. The van der Waals surface area contributed by atoms with Crippen LogP contribution in [0.1, 0.15) is 21.9 Å². The molecule has 1 heterocycles. The molecule has 0 spiro atoms. The predicted molar refractivity (Wildman–Crippen MR) is 232 cm³/mol. The van der Waals surface area contributed by atoms with Crippen LogP contribution >= 0.6 is 19.6 Å². The first-order valence-corrected chi connectivity index (χ1v) is 21.4. The first-order chi connectivity index (χ1) is 29.5. The zero-order valence-corrected chi connectivity index (χ0v) is 34.4. The molecule has 16 heteroatoms. The number of thioether (sulfide) groups is 1. The van der Waals surface area contributed by atoms with Crippen LogP contribution in [0.15, 0.2) is 150 Å². The van der Waals surface area contributed by atoms with Gasteiger partial charge in [0.05, 0.1) is 24.7 Å². The van der Waals surface area contributed by atoms with E-state index in [9.17, 15) is 33.7 Å². The van der Waals surface area contributed by atoms with Gasteiger partial charge in [-0.3, -0.25) is 23.8 Å². The van der Waals surface area contributed by atoms with Crippen molar-refractivity contribution in [3.63, 3.8) is 0 Å². The average Bonchev–Trinajstić information content (AvgIpc) is 3.37. The largest absolute Gasteiger partial charge is 0.527 e. The number of amides is 4. The van der Waals surface area contributed by atoms with E-state index in [1.54, 1.807) is 72.8 Å².